The second-order valence-electron chi connectivity index (χ2n) is 7.81. The lowest BCUT2D eigenvalue weighted by atomic mass is 10.0. The summed E-state index contributed by atoms with van der Waals surface area (Å²) < 4.78 is 8.74. The Morgan fingerprint density at radius 3 is 2.07 bits per heavy atom. The van der Waals surface area contributed by atoms with Crippen LogP contribution in [0.25, 0.3) is 16.7 Å². The van der Waals surface area contributed by atoms with Crippen LogP contribution in [-0.4, -0.2) is 15.7 Å². The molecule has 3 rings (SSSR count). The number of nitrogens with zero attached hydrogens (tertiary/aromatic N) is 2. The van der Waals surface area contributed by atoms with Crippen LogP contribution in [0.15, 0.2) is 18.2 Å². The third-order valence-electron chi connectivity index (χ3n) is 5.62. The van der Waals surface area contributed by atoms with Gasteiger partial charge in [-0.05, 0) is 71.1 Å². The van der Waals surface area contributed by atoms with E-state index in [2.05, 4.69) is 78.2 Å². The van der Waals surface area contributed by atoms with Crippen LogP contribution in [0.3, 0.4) is 0 Å². The molecule has 0 radical (unpaired) electrons. The molecule has 3 heteroatoms. The Morgan fingerprint density at radius 2 is 1.52 bits per heavy atom. The van der Waals surface area contributed by atoms with Crippen LogP contribution in [-0.2, 0) is 0 Å². The minimum absolute atomic E-state index is 0.237. The molecule has 0 spiro atoms. The highest BCUT2D eigenvalue weighted by atomic mass is 16.5. The zero-order valence-corrected chi connectivity index (χ0v) is 18.0. The maximum absolute atomic E-state index is 6.42. The molecule has 0 aliphatic heterocycles. The fourth-order valence-electron chi connectivity index (χ4n) is 4.18. The van der Waals surface area contributed by atoms with Gasteiger partial charge in [0.15, 0.2) is 0 Å². The zero-order chi connectivity index (χ0) is 19.9. The van der Waals surface area contributed by atoms with Crippen molar-refractivity contribution in [2.45, 2.75) is 74.3 Å². The average Bonchev–Trinajstić information content (AvgIpc) is 2.83. The van der Waals surface area contributed by atoms with Gasteiger partial charge in [-0.25, -0.2) is 4.98 Å². The molecule has 3 nitrogen and oxygen atoms in total. The average molecular weight is 365 g/mol. The van der Waals surface area contributed by atoms with Gasteiger partial charge < -0.3 is 4.74 Å². The van der Waals surface area contributed by atoms with E-state index in [1.165, 1.54) is 33.6 Å². The maximum atomic E-state index is 6.42. The summed E-state index contributed by atoms with van der Waals surface area (Å²) in [5, 5.41) is 1.14. The zero-order valence-electron chi connectivity index (χ0n) is 18.0. The van der Waals surface area contributed by atoms with Crippen LogP contribution in [0, 0.1) is 41.5 Å². The minimum atomic E-state index is 0.237. The standard InChI is InChI=1S/C24H32N2O/c1-9-20(10-2)27-21-13-17(6)25-24-22(21)18(7)19(8)26(24)23-15(4)11-14(3)12-16(23)5/h11-13,20H,9-10H2,1-8H3. The summed E-state index contributed by atoms with van der Waals surface area (Å²) in [4.78, 5) is 4.94. The molecule has 0 atom stereocenters. The minimum Gasteiger partial charge on any atom is -0.490 e. The van der Waals surface area contributed by atoms with Crippen molar-refractivity contribution in [3.05, 3.63) is 51.8 Å². The molecular formula is C24H32N2O. The van der Waals surface area contributed by atoms with Crippen molar-refractivity contribution in [3.63, 3.8) is 0 Å². The van der Waals surface area contributed by atoms with Crippen LogP contribution < -0.4 is 4.74 Å². The van der Waals surface area contributed by atoms with E-state index >= 15 is 0 Å². The molecule has 0 unspecified atom stereocenters. The van der Waals surface area contributed by atoms with Crippen molar-refractivity contribution in [1.29, 1.82) is 0 Å². The van der Waals surface area contributed by atoms with Gasteiger partial charge >= 0.3 is 0 Å². The molecular weight excluding hydrogens is 332 g/mol. The lowest BCUT2D eigenvalue weighted by molar-refractivity contribution is 0.195. The fraction of sp³-hybridized carbons (Fsp3) is 0.458. The first kappa shape index (κ1) is 19.5. The number of hydrogen-bond donors (Lipinski definition) is 0. The lowest BCUT2D eigenvalue weighted by Gasteiger charge is -2.18. The number of aromatic nitrogens is 2. The van der Waals surface area contributed by atoms with Crippen molar-refractivity contribution >= 4 is 11.0 Å². The molecule has 2 heterocycles. The molecule has 0 saturated heterocycles. The highest BCUT2D eigenvalue weighted by Crippen LogP contribution is 2.37. The Bertz CT molecular complexity index is 971. The Morgan fingerprint density at radius 1 is 0.926 bits per heavy atom. The topological polar surface area (TPSA) is 27.1 Å². The van der Waals surface area contributed by atoms with E-state index in [0.717, 1.165) is 35.3 Å². The van der Waals surface area contributed by atoms with Gasteiger partial charge in [0.1, 0.15) is 11.4 Å². The van der Waals surface area contributed by atoms with Crippen LogP contribution >= 0.6 is 0 Å². The summed E-state index contributed by atoms with van der Waals surface area (Å²) in [5.74, 6) is 0.966. The van der Waals surface area contributed by atoms with Gasteiger partial charge in [-0.2, -0.15) is 0 Å². The number of rotatable bonds is 5. The van der Waals surface area contributed by atoms with Crippen LogP contribution in [0.5, 0.6) is 5.75 Å². The molecule has 0 fully saturated rings. The molecule has 2 aromatic heterocycles. The first-order valence-corrected chi connectivity index (χ1v) is 10.0. The maximum Gasteiger partial charge on any atom is 0.149 e. The van der Waals surface area contributed by atoms with Crippen LogP contribution in [0.4, 0.5) is 0 Å². The van der Waals surface area contributed by atoms with E-state index in [1.54, 1.807) is 0 Å². The largest absolute Gasteiger partial charge is 0.490 e. The Balaban J connectivity index is 2.34. The van der Waals surface area contributed by atoms with Gasteiger partial charge in [0.2, 0.25) is 0 Å². The van der Waals surface area contributed by atoms with Crippen molar-refractivity contribution in [2.24, 2.45) is 0 Å². The smallest absolute Gasteiger partial charge is 0.149 e. The van der Waals surface area contributed by atoms with Crippen LogP contribution in [0.1, 0.15) is 60.3 Å². The van der Waals surface area contributed by atoms with E-state index in [4.69, 9.17) is 9.72 Å². The highest BCUT2D eigenvalue weighted by Gasteiger charge is 2.21. The molecule has 3 aromatic rings. The van der Waals surface area contributed by atoms with Crippen molar-refractivity contribution in [2.75, 3.05) is 0 Å². The molecule has 1 aromatic carbocycles. The molecule has 0 bridgehead atoms. The Kier molecular flexibility index (Phi) is 5.32. The summed E-state index contributed by atoms with van der Waals surface area (Å²) in [6.07, 6.45) is 2.25. The van der Waals surface area contributed by atoms with E-state index < -0.39 is 0 Å². The van der Waals surface area contributed by atoms with Crippen LogP contribution in [0.2, 0.25) is 0 Å². The molecule has 0 saturated carbocycles. The highest BCUT2D eigenvalue weighted by molar-refractivity contribution is 5.90. The van der Waals surface area contributed by atoms with Crippen molar-refractivity contribution < 1.29 is 4.74 Å². The Labute approximate surface area is 163 Å². The van der Waals surface area contributed by atoms with Crippen molar-refractivity contribution in [1.82, 2.24) is 9.55 Å². The molecule has 0 N–H and O–H groups in total. The quantitative estimate of drug-likeness (QED) is 0.520. The van der Waals surface area contributed by atoms with Gasteiger partial charge in [-0.15, -0.1) is 0 Å². The van der Waals surface area contributed by atoms with E-state index in [0.29, 0.717) is 0 Å². The Hall–Kier alpha value is -2.29. The van der Waals surface area contributed by atoms with Gasteiger partial charge in [-0.3, -0.25) is 4.57 Å². The summed E-state index contributed by atoms with van der Waals surface area (Å²) in [5.41, 5.74) is 9.55. The predicted octanol–water partition coefficient (Wildman–Crippen LogP) is 6.44. The van der Waals surface area contributed by atoms with E-state index in [-0.39, 0.29) is 6.10 Å². The van der Waals surface area contributed by atoms with Gasteiger partial charge in [0, 0.05) is 17.5 Å². The molecule has 144 valence electrons. The monoisotopic (exact) mass is 364 g/mol. The normalized spacial score (nSPS) is 11.6. The van der Waals surface area contributed by atoms with E-state index in [1.807, 2.05) is 0 Å². The summed E-state index contributed by atoms with van der Waals surface area (Å²) in [7, 11) is 0. The molecule has 0 amide bonds. The van der Waals surface area contributed by atoms with Gasteiger partial charge in [0.05, 0.1) is 17.2 Å². The number of pyridine rings is 1. The van der Waals surface area contributed by atoms with Crippen molar-refractivity contribution in [3.8, 4) is 11.4 Å². The number of ether oxygens (including phenoxy) is 1. The third-order valence-corrected chi connectivity index (χ3v) is 5.62. The SMILES string of the molecule is CCC(CC)Oc1cc(C)nc2c1c(C)c(C)n2-c1c(C)cc(C)cc1C. The second kappa shape index (κ2) is 7.38. The number of fused-ring (bicyclic) bond motifs is 1. The van der Waals surface area contributed by atoms with Gasteiger partial charge in [-0.1, -0.05) is 31.5 Å². The summed E-state index contributed by atoms with van der Waals surface area (Å²) >= 11 is 0. The number of aryl methyl sites for hydroxylation is 5. The third kappa shape index (κ3) is 3.36. The predicted molar refractivity (Wildman–Crippen MR) is 114 cm³/mol. The summed E-state index contributed by atoms with van der Waals surface area (Å²) in [6.45, 7) is 17.3. The van der Waals surface area contributed by atoms with Gasteiger partial charge in [0.25, 0.3) is 0 Å². The fourth-order valence-corrected chi connectivity index (χ4v) is 4.18. The number of hydrogen-bond acceptors (Lipinski definition) is 2. The second-order valence-corrected chi connectivity index (χ2v) is 7.81. The summed E-state index contributed by atoms with van der Waals surface area (Å²) in [6, 6.07) is 6.59. The number of benzene rings is 1. The first-order chi connectivity index (χ1) is 12.8. The lowest BCUT2D eigenvalue weighted by Crippen LogP contribution is -2.14. The molecule has 0 aliphatic rings. The van der Waals surface area contributed by atoms with E-state index in [9.17, 15) is 0 Å². The molecule has 0 aliphatic carbocycles. The molecule has 27 heavy (non-hydrogen) atoms. The first-order valence-electron chi connectivity index (χ1n) is 10.0.